The normalized spacial score (nSPS) is 57.5. The first-order valence-corrected chi connectivity index (χ1v) is 15.0. The molecule has 5 aliphatic carbocycles. The molecule has 1 aliphatic heterocycles. The summed E-state index contributed by atoms with van der Waals surface area (Å²) >= 11 is 0. The zero-order valence-electron chi connectivity index (χ0n) is 24.4. The maximum atomic E-state index is 14.4. The summed E-state index contributed by atoms with van der Waals surface area (Å²) in [6.07, 6.45) is 7.77. The van der Waals surface area contributed by atoms with Gasteiger partial charge < -0.3 is 19.7 Å². The van der Waals surface area contributed by atoms with Crippen LogP contribution in [0.5, 0.6) is 0 Å². The number of hydrogen-bond acceptors (Lipinski definition) is 6. The Morgan fingerprint density at radius 1 is 1.05 bits per heavy atom. The summed E-state index contributed by atoms with van der Waals surface area (Å²) in [5.74, 6) is -0.140. The number of allylic oxidation sites excluding steroid dienone is 1. The summed E-state index contributed by atoms with van der Waals surface area (Å²) in [7, 11) is 1.47. The van der Waals surface area contributed by atoms with E-state index in [1.54, 1.807) is 0 Å². The lowest BCUT2D eigenvalue weighted by molar-refractivity contribution is -0.216. The van der Waals surface area contributed by atoms with Gasteiger partial charge in [0.15, 0.2) is 0 Å². The lowest BCUT2D eigenvalue weighted by Crippen LogP contribution is -2.70. The number of methoxy groups -OCH3 is 1. The number of fused-ring (bicyclic) bond motifs is 9. The molecule has 0 aromatic rings. The molecule has 4 saturated carbocycles. The third kappa shape index (κ3) is 2.86. The van der Waals surface area contributed by atoms with Crippen molar-refractivity contribution in [2.75, 3.05) is 13.7 Å². The van der Waals surface area contributed by atoms with Gasteiger partial charge in [-0.25, -0.2) is 0 Å². The van der Waals surface area contributed by atoms with Crippen molar-refractivity contribution in [3.05, 3.63) is 11.6 Å². The van der Waals surface area contributed by atoms with E-state index in [-0.39, 0.29) is 57.8 Å². The first kappa shape index (κ1) is 27.0. The van der Waals surface area contributed by atoms with E-state index in [2.05, 4.69) is 40.7 Å². The summed E-state index contributed by atoms with van der Waals surface area (Å²) < 4.78 is 11.5. The van der Waals surface area contributed by atoms with Gasteiger partial charge >= 0.3 is 5.97 Å². The minimum atomic E-state index is -1.04. The molecule has 6 aliphatic rings. The molecule has 212 valence electrons. The number of ether oxygens (including phenoxy) is 2. The Morgan fingerprint density at radius 3 is 2.45 bits per heavy atom. The van der Waals surface area contributed by atoms with Crippen molar-refractivity contribution in [1.29, 1.82) is 0 Å². The van der Waals surface area contributed by atoms with Gasteiger partial charge in [0.2, 0.25) is 0 Å². The molecule has 0 radical (unpaired) electrons. The fourth-order valence-electron chi connectivity index (χ4n) is 11.7. The van der Waals surface area contributed by atoms with Crippen molar-refractivity contribution >= 4 is 11.8 Å². The first-order chi connectivity index (χ1) is 17.6. The van der Waals surface area contributed by atoms with E-state index >= 15 is 0 Å². The van der Waals surface area contributed by atoms with Crippen LogP contribution in [0.1, 0.15) is 92.9 Å². The van der Waals surface area contributed by atoms with Gasteiger partial charge in [-0.3, -0.25) is 9.59 Å². The highest BCUT2D eigenvalue weighted by Crippen LogP contribution is 2.76. The third-order valence-corrected chi connectivity index (χ3v) is 14.1. The highest BCUT2D eigenvalue weighted by molar-refractivity contribution is 5.86. The van der Waals surface area contributed by atoms with Gasteiger partial charge in [0.25, 0.3) is 0 Å². The largest absolute Gasteiger partial charge is 0.469 e. The Balaban J connectivity index is 1.49. The zero-order valence-corrected chi connectivity index (χ0v) is 24.4. The van der Waals surface area contributed by atoms with Crippen molar-refractivity contribution < 1.29 is 29.3 Å². The number of carbonyl (C=O) groups excluding carboxylic acids is 2. The monoisotopic (exact) mass is 528 g/mol. The van der Waals surface area contributed by atoms with Crippen LogP contribution in [0.2, 0.25) is 0 Å². The summed E-state index contributed by atoms with van der Waals surface area (Å²) in [5, 5.41) is 23.2. The second-order valence-corrected chi connectivity index (χ2v) is 15.3. The van der Waals surface area contributed by atoms with E-state index in [9.17, 15) is 19.8 Å². The third-order valence-electron chi connectivity index (χ3n) is 14.1. The fourth-order valence-corrected chi connectivity index (χ4v) is 11.7. The maximum absolute atomic E-state index is 14.4. The standard InChI is InChI=1S/C32H48O6/c1-18-10-13-32(26(35)37-7)15-14-28(3)19(24(32)31(18,6)36)8-9-21-27(2)12-11-23-30(5,22(34)17-38-23)25(27)20(33)16-29(21,28)4/h8,18,21-25,34,36H,9-17H2,1-7H3/t18-,21-,22-,23+,24-,25-,27-,28-,29-,30-,31-,32+/m1/s1. The second kappa shape index (κ2) is 7.94. The Labute approximate surface area is 227 Å². The SMILES string of the molecule is COC(=O)[C@]12CC[C@@H](C)[C@@](C)(O)[C@H]1C1=CC[C@@H]3[C@@]4(C)CC[C@@H]5OC[C@@H](O)[C@@]5(C)[C@@H]4C(=O)C[C@@]3(C)[C@]1(C)CC2. The van der Waals surface area contributed by atoms with Crippen molar-refractivity contribution in [3.63, 3.8) is 0 Å². The Hall–Kier alpha value is -1.24. The first-order valence-electron chi connectivity index (χ1n) is 15.0. The molecule has 2 N–H and O–H groups in total. The van der Waals surface area contributed by atoms with Crippen LogP contribution in [-0.2, 0) is 19.1 Å². The highest BCUT2D eigenvalue weighted by Gasteiger charge is 2.74. The molecule has 6 nitrogen and oxygen atoms in total. The van der Waals surface area contributed by atoms with E-state index in [0.717, 1.165) is 38.5 Å². The molecule has 0 spiro atoms. The number of aliphatic hydroxyl groups is 2. The number of aliphatic hydroxyl groups excluding tert-OH is 1. The van der Waals surface area contributed by atoms with Crippen LogP contribution in [-0.4, -0.2) is 53.5 Å². The molecule has 1 heterocycles. The number of rotatable bonds is 1. The summed E-state index contributed by atoms with van der Waals surface area (Å²) in [4.78, 5) is 27.8. The Bertz CT molecular complexity index is 1100. The molecule has 0 bridgehead atoms. The van der Waals surface area contributed by atoms with Gasteiger partial charge in [-0.05, 0) is 80.0 Å². The molecular formula is C32H48O6. The van der Waals surface area contributed by atoms with Gasteiger partial charge in [0, 0.05) is 23.7 Å². The van der Waals surface area contributed by atoms with Crippen LogP contribution < -0.4 is 0 Å². The quantitative estimate of drug-likeness (QED) is 0.373. The lowest BCUT2D eigenvalue weighted by Gasteiger charge is -2.71. The number of hydrogen-bond donors (Lipinski definition) is 2. The minimum Gasteiger partial charge on any atom is -0.469 e. The number of esters is 1. The van der Waals surface area contributed by atoms with E-state index < -0.39 is 22.5 Å². The smallest absolute Gasteiger partial charge is 0.312 e. The van der Waals surface area contributed by atoms with E-state index in [1.807, 2.05) is 6.92 Å². The topological polar surface area (TPSA) is 93.1 Å². The zero-order chi connectivity index (χ0) is 27.7. The molecule has 0 aromatic carbocycles. The molecule has 1 saturated heterocycles. The Kier molecular flexibility index (Phi) is 5.63. The summed E-state index contributed by atoms with van der Waals surface area (Å²) in [6.45, 7) is 13.4. The van der Waals surface area contributed by atoms with Gasteiger partial charge in [0.1, 0.15) is 5.78 Å². The predicted molar refractivity (Wildman–Crippen MR) is 143 cm³/mol. The van der Waals surface area contributed by atoms with Crippen LogP contribution in [0.4, 0.5) is 0 Å². The fraction of sp³-hybridized carbons (Fsp3) is 0.875. The molecule has 6 heteroatoms. The Morgan fingerprint density at radius 2 is 1.76 bits per heavy atom. The van der Waals surface area contributed by atoms with Gasteiger partial charge in [-0.1, -0.05) is 46.3 Å². The molecule has 0 unspecified atom stereocenters. The van der Waals surface area contributed by atoms with E-state index in [1.165, 1.54) is 12.7 Å². The van der Waals surface area contributed by atoms with E-state index in [0.29, 0.717) is 19.4 Å². The molecule has 0 amide bonds. The van der Waals surface area contributed by atoms with Crippen LogP contribution in [0, 0.1) is 50.7 Å². The molecular weight excluding hydrogens is 480 g/mol. The van der Waals surface area contributed by atoms with Crippen molar-refractivity contribution in [1.82, 2.24) is 0 Å². The van der Waals surface area contributed by atoms with Gasteiger partial charge in [-0.15, -0.1) is 0 Å². The molecule has 6 rings (SSSR count). The van der Waals surface area contributed by atoms with Gasteiger partial charge in [0.05, 0.1) is 36.9 Å². The average molecular weight is 529 g/mol. The van der Waals surface area contributed by atoms with E-state index in [4.69, 9.17) is 9.47 Å². The highest BCUT2D eigenvalue weighted by atomic mass is 16.5. The van der Waals surface area contributed by atoms with Crippen LogP contribution >= 0.6 is 0 Å². The second-order valence-electron chi connectivity index (χ2n) is 15.3. The summed E-state index contributed by atoms with van der Waals surface area (Å²) in [5.41, 5.74) is -1.98. The maximum Gasteiger partial charge on any atom is 0.312 e. The van der Waals surface area contributed by atoms with Crippen molar-refractivity contribution in [2.24, 2.45) is 50.7 Å². The van der Waals surface area contributed by atoms with Crippen LogP contribution in [0.25, 0.3) is 0 Å². The molecule has 12 atom stereocenters. The molecule has 0 aromatic heterocycles. The lowest BCUT2D eigenvalue weighted by atomic mass is 9.32. The molecule has 5 fully saturated rings. The summed E-state index contributed by atoms with van der Waals surface area (Å²) in [6, 6.07) is 0. The van der Waals surface area contributed by atoms with Crippen LogP contribution in [0.15, 0.2) is 11.6 Å². The van der Waals surface area contributed by atoms with Crippen molar-refractivity contribution in [3.8, 4) is 0 Å². The molecule has 38 heavy (non-hydrogen) atoms. The average Bonchev–Trinajstić information content (AvgIpc) is 3.14. The number of ketones is 1. The number of Topliss-reactive ketones (excluding diaryl/α,β-unsaturated/α-hetero) is 1. The predicted octanol–water partition coefficient (Wildman–Crippen LogP) is 4.85. The number of carbonyl (C=O) groups is 2. The van der Waals surface area contributed by atoms with Gasteiger partial charge in [-0.2, -0.15) is 0 Å². The van der Waals surface area contributed by atoms with Crippen LogP contribution in [0.3, 0.4) is 0 Å². The minimum absolute atomic E-state index is 0.0630. The van der Waals surface area contributed by atoms with Crippen molar-refractivity contribution in [2.45, 2.75) is 111 Å².